The lowest BCUT2D eigenvalue weighted by molar-refractivity contribution is 0.0997. The molecule has 0 aliphatic heterocycles. The first-order valence-corrected chi connectivity index (χ1v) is 5.97. The molecule has 0 unspecified atom stereocenters. The molecule has 2 aromatic rings. The van der Waals surface area contributed by atoms with Crippen LogP contribution in [0.15, 0.2) is 40.3 Å². The van der Waals surface area contributed by atoms with Gasteiger partial charge in [0.2, 0.25) is 5.91 Å². The molecule has 0 spiro atoms. The zero-order valence-corrected chi connectivity index (χ0v) is 10.4. The SMILES string of the molecule is NC(=O)c1cc(N)ncc1Sc1ccc(F)cc1F. The number of hydrogen-bond acceptors (Lipinski definition) is 4. The molecule has 4 nitrogen and oxygen atoms in total. The molecule has 0 atom stereocenters. The molecule has 0 aliphatic carbocycles. The molecule has 7 heteroatoms. The molecule has 4 N–H and O–H groups in total. The Balaban J connectivity index is 2.40. The van der Waals surface area contributed by atoms with E-state index in [0.29, 0.717) is 4.90 Å². The molecular weight excluding hydrogens is 272 g/mol. The Morgan fingerprint density at radius 2 is 1.95 bits per heavy atom. The number of carbonyl (C=O) groups is 1. The summed E-state index contributed by atoms with van der Waals surface area (Å²) in [5.74, 6) is -1.96. The number of halogens is 2. The second-order valence-electron chi connectivity index (χ2n) is 3.65. The molecule has 0 saturated carbocycles. The summed E-state index contributed by atoms with van der Waals surface area (Å²) in [5.41, 5.74) is 10.8. The Morgan fingerprint density at radius 3 is 2.58 bits per heavy atom. The monoisotopic (exact) mass is 281 g/mol. The number of rotatable bonds is 3. The van der Waals surface area contributed by atoms with E-state index in [4.69, 9.17) is 11.5 Å². The van der Waals surface area contributed by atoms with Crippen molar-refractivity contribution in [1.29, 1.82) is 0 Å². The summed E-state index contributed by atoms with van der Waals surface area (Å²) < 4.78 is 26.3. The third-order valence-corrected chi connectivity index (χ3v) is 3.36. The fraction of sp³-hybridized carbons (Fsp3) is 0. The van der Waals surface area contributed by atoms with Crippen molar-refractivity contribution in [3.63, 3.8) is 0 Å². The predicted octanol–water partition coefficient (Wildman–Crippen LogP) is 2.19. The minimum Gasteiger partial charge on any atom is -0.384 e. The van der Waals surface area contributed by atoms with Gasteiger partial charge in [0.15, 0.2) is 0 Å². The number of anilines is 1. The molecule has 0 radical (unpaired) electrons. The van der Waals surface area contributed by atoms with Crippen molar-refractivity contribution in [3.8, 4) is 0 Å². The molecule has 19 heavy (non-hydrogen) atoms. The molecule has 1 amide bonds. The van der Waals surface area contributed by atoms with E-state index in [1.807, 2.05) is 0 Å². The van der Waals surface area contributed by atoms with Crippen molar-refractivity contribution < 1.29 is 13.6 Å². The molecule has 1 aromatic heterocycles. The van der Waals surface area contributed by atoms with E-state index < -0.39 is 17.5 Å². The first kappa shape index (κ1) is 13.3. The maximum absolute atomic E-state index is 13.5. The lowest BCUT2D eigenvalue weighted by atomic mass is 10.2. The summed E-state index contributed by atoms with van der Waals surface area (Å²) in [6.45, 7) is 0. The van der Waals surface area contributed by atoms with Crippen molar-refractivity contribution in [2.75, 3.05) is 5.73 Å². The molecule has 1 aromatic carbocycles. The van der Waals surface area contributed by atoms with Gasteiger partial charge in [0, 0.05) is 22.1 Å². The van der Waals surface area contributed by atoms with Crippen LogP contribution in [0.2, 0.25) is 0 Å². The summed E-state index contributed by atoms with van der Waals surface area (Å²) in [5, 5.41) is 0. The lowest BCUT2D eigenvalue weighted by Gasteiger charge is -2.07. The van der Waals surface area contributed by atoms with Gasteiger partial charge in [-0.1, -0.05) is 11.8 Å². The fourth-order valence-electron chi connectivity index (χ4n) is 1.41. The zero-order valence-electron chi connectivity index (χ0n) is 9.56. The van der Waals surface area contributed by atoms with Crippen molar-refractivity contribution >= 4 is 23.5 Å². The number of nitrogen functional groups attached to an aromatic ring is 1. The summed E-state index contributed by atoms with van der Waals surface area (Å²) in [7, 11) is 0. The van der Waals surface area contributed by atoms with Gasteiger partial charge in [0.1, 0.15) is 17.5 Å². The van der Waals surface area contributed by atoms with Gasteiger partial charge in [0.25, 0.3) is 0 Å². The molecular formula is C12H9F2N3OS. The third-order valence-electron chi connectivity index (χ3n) is 2.27. The fourth-order valence-corrected chi connectivity index (χ4v) is 2.31. The van der Waals surface area contributed by atoms with E-state index in [9.17, 15) is 13.6 Å². The second kappa shape index (κ2) is 5.23. The Hall–Kier alpha value is -2.15. The van der Waals surface area contributed by atoms with Gasteiger partial charge in [0.05, 0.1) is 5.56 Å². The van der Waals surface area contributed by atoms with E-state index in [2.05, 4.69) is 4.98 Å². The number of primary amides is 1. The first-order valence-electron chi connectivity index (χ1n) is 5.15. The Kier molecular flexibility index (Phi) is 3.66. The van der Waals surface area contributed by atoms with Gasteiger partial charge in [-0.2, -0.15) is 0 Å². The highest BCUT2D eigenvalue weighted by Crippen LogP contribution is 2.32. The summed E-state index contributed by atoms with van der Waals surface area (Å²) in [6, 6.07) is 4.47. The van der Waals surface area contributed by atoms with Crippen LogP contribution in [0.4, 0.5) is 14.6 Å². The van der Waals surface area contributed by atoms with Crippen LogP contribution in [-0.4, -0.2) is 10.9 Å². The average Bonchev–Trinajstić information content (AvgIpc) is 2.34. The Labute approximate surface area is 111 Å². The van der Waals surface area contributed by atoms with E-state index >= 15 is 0 Å². The topological polar surface area (TPSA) is 82.0 Å². The predicted molar refractivity (Wildman–Crippen MR) is 67.6 cm³/mol. The van der Waals surface area contributed by atoms with Crippen molar-refractivity contribution in [2.45, 2.75) is 9.79 Å². The molecule has 98 valence electrons. The summed E-state index contributed by atoms with van der Waals surface area (Å²) in [4.78, 5) is 15.6. The Bertz CT molecular complexity index is 649. The van der Waals surface area contributed by atoms with Crippen molar-refractivity contribution in [2.24, 2.45) is 5.73 Å². The second-order valence-corrected chi connectivity index (χ2v) is 4.73. The van der Waals surface area contributed by atoms with Crippen LogP contribution in [0.1, 0.15) is 10.4 Å². The van der Waals surface area contributed by atoms with Crippen molar-refractivity contribution in [3.05, 3.63) is 47.7 Å². The highest BCUT2D eigenvalue weighted by molar-refractivity contribution is 7.99. The summed E-state index contributed by atoms with van der Waals surface area (Å²) >= 11 is 0.926. The summed E-state index contributed by atoms with van der Waals surface area (Å²) in [6.07, 6.45) is 1.32. The number of benzene rings is 1. The number of nitrogens with zero attached hydrogens (tertiary/aromatic N) is 1. The van der Waals surface area contributed by atoms with Crippen LogP contribution < -0.4 is 11.5 Å². The number of carbonyl (C=O) groups excluding carboxylic acids is 1. The number of amides is 1. The Morgan fingerprint density at radius 1 is 1.21 bits per heavy atom. The normalized spacial score (nSPS) is 10.4. The largest absolute Gasteiger partial charge is 0.384 e. The highest BCUT2D eigenvalue weighted by Gasteiger charge is 2.13. The van der Waals surface area contributed by atoms with E-state index in [1.165, 1.54) is 18.3 Å². The van der Waals surface area contributed by atoms with Gasteiger partial charge >= 0.3 is 0 Å². The maximum atomic E-state index is 13.5. The average molecular weight is 281 g/mol. The third kappa shape index (κ3) is 3.00. The number of pyridine rings is 1. The van der Waals surface area contributed by atoms with Gasteiger partial charge in [-0.25, -0.2) is 13.8 Å². The minimum absolute atomic E-state index is 0.137. The molecule has 0 fully saturated rings. The van der Waals surface area contributed by atoms with Crippen LogP contribution in [-0.2, 0) is 0 Å². The molecule has 0 aliphatic rings. The van der Waals surface area contributed by atoms with E-state index in [0.717, 1.165) is 23.9 Å². The van der Waals surface area contributed by atoms with E-state index in [-0.39, 0.29) is 16.3 Å². The molecule has 1 heterocycles. The number of aromatic nitrogens is 1. The highest BCUT2D eigenvalue weighted by atomic mass is 32.2. The smallest absolute Gasteiger partial charge is 0.250 e. The van der Waals surface area contributed by atoms with Crippen molar-refractivity contribution in [1.82, 2.24) is 4.98 Å². The quantitative estimate of drug-likeness (QED) is 0.903. The number of hydrogen-bond donors (Lipinski definition) is 2. The number of nitrogens with two attached hydrogens (primary N) is 2. The van der Waals surface area contributed by atoms with Gasteiger partial charge in [-0.15, -0.1) is 0 Å². The standard InChI is InChI=1S/C12H9F2N3OS/c13-6-1-2-9(8(14)3-6)19-10-5-17-11(15)4-7(10)12(16)18/h1-5H,(H2,15,17)(H2,16,18). The molecule has 0 saturated heterocycles. The molecule has 0 bridgehead atoms. The van der Waals surface area contributed by atoms with Gasteiger partial charge in [-0.3, -0.25) is 4.79 Å². The zero-order chi connectivity index (χ0) is 14.0. The minimum atomic E-state index is -0.725. The van der Waals surface area contributed by atoms with Gasteiger partial charge in [-0.05, 0) is 18.2 Å². The van der Waals surface area contributed by atoms with Crippen LogP contribution in [0.3, 0.4) is 0 Å². The van der Waals surface area contributed by atoms with Crippen LogP contribution in [0.25, 0.3) is 0 Å². The lowest BCUT2D eigenvalue weighted by Crippen LogP contribution is -2.13. The van der Waals surface area contributed by atoms with Crippen LogP contribution in [0, 0.1) is 11.6 Å². The van der Waals surface area contributed by atoms with Gasteiger partial charge < -0.3 is 11.5 Å². The maximum Gasteiger partial charge on any atom is 0.250 e. The first-order chi connectivity index (χ1) is 8.97. The molecule has 2 rings (SSSR count). The van der Waals surface area contributed by atoms with Crippen LogP contribution >= 0.6 is 11.8 Å². The van der Waals surface area contributed by atoms with E-state index in [1.54, 1.807) is 0 Å². The van der Waals surface area contributed by atoms with Crippen LogP contribution in [0.5, 0.6) is 0 Å².